The summed E-state index contributed by atoms with van der Waals surface area (Å²) in [4.78, 5) is 13.0. The summed E-state index contributed by atoms with van der Waals surface area (Å²) >= 11 is 0. The third-order valence-electron chi connectivity index (χ3n) is 3.14. The molecule has 6 nitrogen and oxygen atoms in total. The van der Waals surface area contributed by atoms with E-state index in [9.17, 15) is 4.79 Å². The van der Waals surface area contributed by atoms with E-state index in [-0.39, 0.29) is 6.10 Å². The van der Waals surface area contributed by atoms with Gasteiger partial charge in [0.05, 0.1) is 7.11 Å². The van der Waals surface area contributed by atoms with Crippen molar-refractivity contribution in [3.63, 3.8) is 0 Å². The fourth-order valence-electron chi connectivity index (χ4n) is 2.02. The van der Waals surface area contributed by atoms with Crippen molar-refractivity contribution in [2.24, 2.45) is 5.73 Å². The molecule has 2 rings (SSSR count). The zero-order valence-electron chi connectivity index (χ0n) is 11.0. The van der Waals surface area contributed by atoms with Crippen LogP contribution in [-0.4, -0.2) is 49.3 Å². The number of rotatable bonds is 5. The molecule has 1 fully saturated rings. The molecule has 1 unspecified atom stereocenters. The number of methoxy groups -OCH3 is 1. The zero-order chi connectivity index (χ0) is 14.0. The van der Waals surface area contributed by atoms with E-state index in [1.54, 1.807) is 25.3 Å². The summed E-state index contributed by atoms with van der Waals surface area (Å²) in [7, 11) is 3.56. The molecule has 6 heteroatoms. The monoisotopic (exact) mass is 266 g/mol. The maximum absolute atomic E-state index is 10.9. The molecule has 1 aliphatic heterocycles. The van der Waals surface area contributed by atoms with Crippen LogP contribution in [0.15, 0.2) is 18.2 Å². The number of carbonyl (C=O) groups is 1. The van der Waals surface area contributed by atoms with E-state index >= 15 is 0 Å². The Hall–Kier alpha value is -1.79. The Morgan fingerprint density at radius 3 is 2.68 bits per heavy atom. The van der Waals surface area contributed by atoms with E-state index in [1.807, 2.05) is 7.05 Å². The lowest BCUT2D eigenvalue weighted by Gasteiger charge is -2.36. The standard InChI is InChI=1S/C13H18N2O4/c1-15-6-9(7-15)19-11-5-8(12(14)13(16)17)3-4-10(11)18-2/h3-5,9,12H,6-7,14H2,1-2H3,(H,16,17). The lowest BCUT2D eigenvalue weighted by molar-refractivity contribution is -0.138. The van der Waals surface area contributed by atoms with Crippen LogP contribution in [0, 0.1) is 0 Å². The summed E-state index contributed by atoms with van der Waals surface area (Å²) in [6.45, 7) is 1.69. The molecule has 19 heavy (non-hydrogen) atoms. The highest BCUT2D eigenvalue weighted by Gasteiger charge is 2.26. The number of hydrogen-bond donors (Lipinski definition) is 2. The predicted octanol–water partition coefficient (Wildman–Crippen LogP) is 0.472. The fourth-order valence-corrected chi connectivity index (χ4v) is 2.02. The molecule has 0 radical (unpaired) electrons. The molecule has 0 aromatic heterocycles. The van der Waals surface area contributed by atoms with Crippen LogP contribution in [0.3, 0.4) is 0 Å². The Morgan fingerprint density at radius 1 is 1.47 bits per heavy atom. The second-order valence-electron chi connectivity index (χ2n) is 4.69. The Kier molecular flexibility index (Phi) is 3.92. The molecule has 3 N–H and O–H groups in total. The van der Waals surface area contributed by atoms with Crippen molar-refractivity contribution in [1.82, 2.24) is 4.90 Å². The third-order valence-corrected chi connectivity index (χ3v) is 3.14. The van der Waals surface area contributed by atoms with Gasteiger partial charge in [0, 0.05) is 13.1 Å². The van der Waals surface area contributed by atoms with Gasteiger partial charge in [-0.3, -0.25) is 9.69 Å². The molecule has 104 valence electrons. The largest absolute Gasteiger partial charge is 0.493 e. The molecule has 1 saturated heterocycles. The zero-order valence-corrected chi connectivity index (χ0v) is 11.0. The van der Waals surface area contributed by atoms with Crippen molar-refractivity contribution in [3.05, 3.63) is 23.8 Å². The van der Waals surface area contributed by atoms with Gasteiger partial charge in [0.2, 0.25) is 0 Å². The van der Waals surface area contributed by atoms with Crippen molar-refractivity contribution in [1.29, 1.82) is 0 Å². The van der Waals surface area contributed by atoms with E-state index in [2.05, 4.69) is 4.90 Å². The SMILES string of the molecule is COc1ccc(C(N)C(=O)O)cc1OC1CN(C)C1. The molecule has 1 aromatic carbocycles. The van der Waals surface area contributed by atoms with Gasteiger partial charge in [-0.05, 0) is 24.7 Å². The molecule has 0 amide bonds. The number of hydrogen-bond acceptors (Lipinski definition) is 5. The van der Waals surface area contributed by atoms with Crippen molar-refractivity contribution < 1.29 is 19.4 Å². The van der Waals surface area contributed by atoms with Gasteiger partial charge < -0.3 is 20.3 Å². The van der Waals surface area contributed by atoms with Gasteiger partial charge in [-0.2, -0.15) is 0 Å². The Bertz CT molecular complexity index is 472. The first-order chi connectivity index (χ1) is 9.01. The quantitative estimate of drug-likeness (QED) is 0.806. The highest BCUT2D eigenvalue weighted by molar-refractivity contribution is 5.75. The van der Waals surface area contributed by atoms with Gasteiger partial charge >= 0.3 is 5.97 Å². The number of carboxylic acids is 1. The number of nitrogens with two attached hydrogens (primary N) is 1. The third kappa shape index (κ3) is 2.97. The van der Waals surface area contributed by atoms with E-state index < -0.39 is 12.0 Å². The molecular weight excluding hydrogens is 248 g/mol. The Balaban J connectivity index is 2.18. The second-order valence-corrected chi connectivity index (χ2v) is 4.69. The average Bonchev–Trinajstić information content (AvgIpc) is 2.35. The molecule has 0 aliphatic carbocycles. The Labute approximate surface area is 111 Å². The topological polar surface area (TPSA) is 85.0 Å². The van der Waals surface area contributed by atoms with Gasteiger partial charge in [-0.1, -0.05) is 6.07 Å². The van der Waals surface area contributed by atoms with Crippen molar-refractivity contribution >= 4 is 5.97 Å². The molecule has 0 spiro atoms. The van der Waals surface area contributed by atoms with Crippen molar-refractivity contribution in [3.8, 4) is 11.5 Å². The summed E-state index contributed by atoms with van der Waals surface area (Å²) in [5, 5.41) is 8.92. The summed E-state index contributed by atoms with van der Waals surface area (Å²) < 4.78 is 11.0. The maximum Gasteiger partial charge on any atom is 0.325 e. The summed E-state index contributed by atoms with van der Waals surface area (Å²) in [6.07, 6.45) is 0.107. The number of carboxylic acid groups (broad SMARTS) is 1. The van der Waals surface area contributed by atoms with Gasteiger partial charge in [0.25, 0.3) is 0 Å². The van der Waals surface area contributed by atoms with Crippen LogP contribution >= 0.6 is 0 Å². The van der Waals surface area contributed by atoms with Gasteiger partial charge in [0.1, 0.15) is 12.1 Å². The number of likely N-dealkylation sites (N-methyl/N-ethyl adjacent to an activating group) is 1. The van der Waals surface area contributed by atoms with Crippen LogP contribution in [0.25, 0.3) is 0 Å². The number of nitrogens with zero attached hydrogens (tertiary/aromatic N) is 1. The molecule has 1 aliphatic rings. The van der Waals surface area contributed by atoms with Crippen LogP contribution in [0.5, 0.6) is 11.5 Å². The number of likely N-dealkylation sites (tertiary alicyclic amines) is 1. The number of ether oxygens (including phenoxy) is 2. The highest BCUT2D eigenvalue weighted by atomic mass is 16.5. The van der Waals surface area contributed by atoms with Crippen LogP contribution in [0.2, 0.25) is 0 Å². The van der Waals surface area contributed by atoms with Gasteiger partial charge in [-0.15, -0.1) is 0 Å². The maximum atomic E-state index is 10.9. The van der Waals surface area contributed by atoms with Crippen molar-refractivity contribution in [2.75, 3.05) is 27.2 Å². The minimum absolute atomic E-state index is 0.107. The van der Waals surface area contributed by atoms with E-state index in [4.69, 9.17) is 20.3 Å². The van der Waals surface area contributed by atoms with Crippen LogP contribution in [0.1, 0.15) is 11.6 Å². The first-order valence-electron chi connectivity index (χ1n) is 6.02. The summed E-state index contributed by atoms with van der Waals surface area (Å²) in [5.41, 5.74) is 6.09. The van der Waals surface area contributed by atoms with Crippen LogP contribution in [-0.2, 0) is 4.79 Å². The molecule has 1 heterocycles. The average molecular weight is 266 g/mol. The molecular formula is C13H18N2O4. The first kappa shape index (κ1) is 13.6. The minimum atomic E-state index is -1.07. The lowest BCUT2D eigenvalue weighted by atomic mass is 10.1. The molecule has 0 saturated carbocycles. The number of aliphatic carboxylic acids is 1. The van der Waals surface area contributed by atoms with Crippen LogP contribution < -0.4 is 15.2 Å². The minimum Gasteiger partial charge on any atom is -0.493 e. The van der Waals surface area contributed by atoms with Crippen molar-refractivity contribution in [2.45, 2.75) is 12.1 Å². The molecule has 1 atom stereocenters. The summed E-state index contributed by atoms with van der Waals surface area (Å²) in [6, 6.07) is 3.89. The van der Waals surface area contributed by atoms with E-state index in [1.165, 1.54) is 0 Å². The smallest absolute Gasteiger partial charge is 0.325 e. The van der Waals surface area contributed by atoms with E-state index in [0.29, 0.717) is 17.1 Å². The molecule has 1 aromatic rings. The highest BCUT2D eigenvalue weighted by Crippen LogP contribution is 2.31. The predicted molar refractivity (Wildman–Crippen MR) is 69.5 cm³/mol. The number of benzene rings is 1. The van der Waals surface area contributed by atoms with E-state index in [0.717, 1.165) is 13.1 Å². The molecule has 0 bridgehead atoms. The second kappa shape index (κ2) is 5.46. The fraction of sp³-hybridized carbons (Fsp3) is 0.462. The van der Waals surface area contributed by atoms with Gasteiger partial charge in [0.15, 0.2) is 11.5 Å². The normalized spacial score (nSPS) is 17.6. The Morgan fingerprint density at radius 2 is 2.16 bits per heavy atom. The lowest BCUT2D eigenvalue weighted by Crippen LogP contribution is -2.51. The summed E-state index contributed by atoms with van der Waals surface area (Å²) in [5.74, 6) is 0.0465. The first-order valence-corrected chi connectivity index (χ1v) is 6.02. The van der Waals surface area contributed by atoms with Gasteiger partial charge in [-0.25, -0.2) is 0 Å². The van der Waals surface area contributed by atoms with Crippen LogP contribution in [0.4, 0.5) is 0 Å².